The van der Waals surface area contributed by atoms with Crippen LogP contribution >= 0.6 is 11.8 Å². The summed E-state index contributed by atoms with van der Waals surface area (Å²) < 4.78 is 4.82. The van der Waals surface area contributed by atoms with Gasteiger partial charge in [-0.05, 0) is 31.5 Å². The van der Waals surface area contributed by atoms with Crippen molar-refractivity contribution in [2.75, 3.05) is 30.0 Å². The van der Waals surface area contributed by atoms with Gasteiger partial charge in [0.15, 0.2) is 0 Å². The minimum absolute atomic E-state index is 0.375. The molecule has 5 heteroatoms. The van der Waals surface area contributed by atoms with Gasteiger partial charge in [0.25, 0.3) is 0 Å². The molecule has 110 valence electrons. The summed E-state index contributed by atoms with van der Waals surface area (Å²) in [5.74, 6) is 0.724. The highest BCUT2D eigenvalue weighted by Gasteiger charge is 2.26. The number of thioether (sulfide) groups is 1. The second-order valence-corrected chi connectivity index (χ2v) is 6.71. The standard InChI is InChI=1S/C15H22N2O2S/c1-9-7-12(8-13(14(9)16)15(18)19-4)17-5-6-20-11(3)10(17)2/h7-8,10-11H,5-6,16H2,1-4H3. The Kier molecular flexibility index (Phi) is 4.48. The molecule has 0 aromatic heterocycles. The van der Waals surface area contributed by atoms with E-state index in [0.717, 1.165) is 23.5 Å². The van der Waals surface area contributed by atoms with Gasteiger partial charge >= 0.3 is 5.97 Å². The van der Waals surface area contributed by atoms with E-state index < -0.39 is 0 Å². The van der Waals surface area contributed by atoms with Gasteiger partial charge in [-0.3, -0.25) is 0 Å². The van der Waals surface area contributed by atoms with Crippen LogP contribution in [-0.2, 0) is 4.74 Å². The molecule has 0 spiro atoms. The number of anilines is 2. The molecular weight excluding hydrogens is 272 g/mol. The lowest BCUT2D eigenvalue weighted by atomic mass is 10.0. The van der Waals surface area contributed by atoms with E-state index in [2.05, 4.69) is 24.8 Å². The Labute approximate surface area is 124 Å². The first-order valence-electron chi connectivity index (χ1n) is 6.82. The molecule has 0 bridgehead atoms. The van der Waals surface area contributed by atoms with Gasteiger partial charge in [0.1, 0.15) is 0 Å². The smallest absolute Gasteiger partial charge is 0.340 e. The number of methoxy groups -OCH3 is 1. The Bertz CT molecular complexity index is 519. The van der Waals surface area contributed by atoms with E-state index >= 15 is 0 Å². The third kappa shape index (κ3) is 2.73. The number of nitrogen functional groups attached to an aromatic ring is 1. The van der Waals surface area contributed by atoms with Crippen molar-refractivity contribution in [2.45, 2.75) is 32.1 Å². The van der Waals surface area contributed by atoms with E-state index in [1.165, 1.54) is 7.11 Å². The van der Waals surface area contributed by atoms with E-state index in [4.69, 9.17) is 10.5 Å². The molecule has 2 unspecified atom stereocenters. The maximum absolute atomic E-state index is 11.8. The molecule has 2 N–H and O–H groups in total. The van der Waals surface area contributed by atoms with Crippen LogP contribution in [0.15, 0.2) is 12.1 Å². The predicted molar refractivity (Wildman–Crippen MR) is 85.7 cm³/mol. The van der Waals surface area contributed by atoms with Crippen molar-refractivity contribution in [3.8, 4) is 0 Å². The third-order valence-corrected chi connectivity index (χ3v) is 5.33. The number of carbonyl (C=O) groups excluding carboxylic acids is 1. The van der Waals surface area contributed by atoms with Crippen LogP contribution in [0, 0.1) is 6.92 Å². The van der Waals surface area contributed by atoms with E-state index in [9.17, 15) is 4.79 Å². The van der Waals surface area contributed by atoms with Gasteiger partial charge in [-0.2, -0.15) is 11.8 Å². The Hall–Kier alpha value is -1.36. The first-order valence-corrected chi connectivity index (χ1v) is 7.87. The van der Waals surface area contributed by atoms with Gasteiger partial charge in [0, 0.05) is 35.0 Å². The second kappa shape index (κ2) is 5.95. The van der Waals surface area contributed by atoms with Gasteiger partial charge in [-0.1, -0.05) is 6.92 Å². The fourth-order valence-corrected chi connectivity index (χ4v) is 3.62. The van der Waals surface area contributed by atoms with Crippen molar-refractivity contribution in [3.05, 3.63) is 23.3 Å². The van der Waals surface area contributed by atoms with Crippen molar-refractivity contribution in [2.24, 2.45) is 0 Å². The molecule has 1 aliphatic heterocycles. The van der Waals surface area contributed by atoms with Gasteiger partial charge in [-0.15, -0.1) is 0 Å². The number of hydrogen-bond acceptors (Lipinski definition) is 5. The monoisotopic (exact) mass is 294 g/mol. The van der Waals surface area contributed by atoms with Crippen molar-refractivity contribution in [3.63, 3.8) is 0 Å². The molecule has 1 aliphatic rings. The lowest BCUT2D eigenvalue weighted by Gasteiger charge is -2.39. The Morgan fingerprint density at radius 1 is 1.45 bits per heavy atom. The number of aryl methyl sites for hydroxylation is 1. The highest BCUT2D eigenvalue weighted by Crippen LogP contribution is 2.32. The second-order valence-electron chi connectivity index (χ2n) is 5.23. The van der Waals surface area contributed by atoms with Crippen LogP contribution in [0.25, 0.3) is 0 Å². The summed E-state index contributed by atoms with van der Waals surface area (Å²) in [5.41, 5.74) is 8.93. The van der Waals surface area contributed by atoms with Crippen molar-refractivity contribution in [1.82, 2.24) is 0 Å². The first kappa shape index (κ1) is 15.0. The van der Waals surface area contributed by atoms with Gasteiger partial charge < -0.3 is 15.4 Å². The maximum atomic E-state index is 11.8. The largest absolute Gasteiger partial charge is 0.465 e. The molecule has 1 saturated heterocycles. The molecule has 2 atom stereocenters. The van der Waals surface area contributed by atoms with E-state index in [0.29, 0.717) is 22.5 Å². The van der Waals surface area contributed by atoms with Crippen molar-refractivity contribution >= 4 is 29.1 Å². The highest BCUT2D eigenvalue weighted by atomic mass is 32.2. The number of carbonyl (C=O) groups is 1. The molecule has 0 amide bonds. The number of rotatable bonds is 2. The van der Waals surface area contributed by atoms with Crippen LogP contribution in [-0.4, -0.2) is 36.7 Å². The van der Waals surface area contributed by atoms with Gasteiger partial charge in [0.05, 0.1) is 12.7 Å². The van der Waals surface area contributed by atoms with Crippen molar-refractivity contribution < 1.29 is 9.53 Å². The average molecular weight is 294 g/mol. The van der Waals surface area contributed by atoms with Gasteiger partial charge in [-0.25, -0.2) is 4.79 Å². The molecule has 1 aromatic rings. The Morgan fingerprint density at radius 3 is 2.80 bits per heavy atom. The van der Waals surface area contributed by atoms with E-state index in [-0.39, 0.29) is 5.97 Å². The highest BCUT2D eigenvalue weighted by molar-refractivity contribution is 8.00. The third-order valence-electron chi connectivity index (χ3n) is 3.99. The van der Waals surface area contributed by atoms with Crippen LogP contribution < -0.4 is 10.6 Å². The number of hydrogen-bond donors (Lipinski definition) is 1. The number of ether oxygens (including phenoxy) is 1. The van der Waals surface area contributed by atoms with Crippen LogP contribution in [0.2, 0.25) is 0 Å². The van der Waals surface area contributed by atoms with Crippen LogP contribution in [0.3, 0.4) is 0 Å². The fraction of sp³-hybridized carbons (Fsp3) is 0.533. The van der Waals surface area contributed by atoms with Crippen molar-refractivity contribution in [1.29, 1.82) is 0 Å². The van der Waals surface area contributed by atoms with Crippen LogP contribution in [0.5, 0.6) is 0 Å². The first-order chi connectivity index (χ1) is 9.45. The fourth-order valence-electron chi connectivity index (χ4n) is 2.52. The number of nitrogens with zero attached hydrogens (tertiary/aromatic N) is 1. The van der Waals surface area contributed by atoms with E-state index in [1.54, 1.807) is 0 Å². The summed E-state index contributed by atoms with van der Waals surface area (Å²) in [6.07, 6.45) is 0. The summed E-state index contributed by atoms with van der Waals surface area (Å²) in [6.45, 7) is 7.38. The van der Waals surface area contributed by atoms with Crippen LogP contribution in [0.1, 0.15) is 29.8 Å². The molecular formula is C15H22N2O2S. The summed E-state index contributed by atoms with van der Waals surface area (Å²) in [7, 11) is 1.38. The predicted octanol–water partition coefficient (Wildman–Crippen LogP) is 2.69. The minimum Gasteiger partial charge on any atom is -0.465 e. The lowest BCUT2D eigenvalue weighted by Crippen LogP contribution is -2.44. The lowest BCUT2D eigenvalue weighted by molar-refractivity contribution is 0.0602. The summed E-state index contributed by atoms with van der Waals surface area (Å²) in [4.78, 5) is 14.2. The molecule has 0 aliphatic carbocycles. The average Bonchev–Trinajstić information content (AvgIpc) is 2.44. The van der Waals surface area contributed by atoms with Crippen LogP contribution in [0.4, 0.5) is 11.4 Å². The van der Waals surface area contributed by atoms with E-state index in [1.807, 2.05) is 24.8 Å². The molecule has 1 heterocycles. The normalized spacial score (nSPS) is 22.7. The summed E-state index contributed by atoms with van der Waals surface area (Å²) >= 11 is 1.99. The Balaban J connectivity index is 2.42. The summed E-state index contributed by atoms with van der Waals surface area (Å²) in [6, 6.07) is 4.34. The molecule has 20 heavy (non-hydrogen) atoms. The maximum Gasteiger partial charge on any atom is 0.340 e. The molecule has 1 aromatic carbocycles. The molecule has 1 fully saturated rings. The zero-order chi connectivity index (χ0) is 14.9. The quantitative estimate of drug-likeness (QED) is 0.671. The molecule has 0 saturated carbocycles. The molecule has 2 rings (SSSR count). The molecule has 0 radical (unpaired) electrons. The SMILES string of the molecule is COC(=O)c1cc(N2CCSC(C)C2C)cc(C)c1N. The minimum atomic E-state index is -0.375. The number of esters is 1. The number of benzene rings is 1. The number of nitrogens with two attached hydrogens (primary N) is 1. The van der Waals surface area contributed by atoms with Gasteiger partial charge in [0.2, 0.25) is 0 Å². The zero-order valence-corrected chi connectivity index (χ0v) is 13.3. The zero-order valence-electron chi connectivity index (χ0n) is 12.5. The summed E-state index contributed by atoms with van der Waals surface area (Å²) in [5, 5.41) is 0.572. The molecule has 4 nitrogen and oxygen atoms in total. The Morgan fingerprint density at radius 2 is 2.15 bits per heavy atom. The topological polar surface area (TPSA) is 55.6 Å².